The van der Waals surface area contributed by atoms with E-state index in [9.17, 15) is 9.59 Å². The summed E-state index contributed by atoms with van der Waals surface area (Å²) in [5.74, 6) is -0.162. The predicted octanol–water partition coefficient (Wildman–Crippen LogP) is 1.46. The van der Waals surface area contributed by atoms with E-state index in [0.717, 1.165) is 0 Å². The second kappa shape index (κ2) is 7.02. The Morgan fingerprint density at radius 3 is 2.88 bits per heavy atom. The van der Waals surface area contributed by atoms with Crippen LogP contribution >= 0.6 is 11.3 Å². The highest BCUT2D eigenvalue weighted by atomic mass is 32.1. The molecule has 1 aromatic carbocycles. The van der Waals surface area contributed by atoms with Crippen molar-refractivity contribution in [1.82, 2.24) is 4.90 Å². The summed E-state index contributed by atoms with van der Waals surface area (Å²) in [7, 11) is 1.90. The molecule has 0 fully saturated rings. The van der Waals surface area contributed by atoms with E-state index in [2.05, 4.69) is 5.38 Å². The van der Waals surface area contributed by atoms with Gasteiger partial charge in [0.1, 0.15) is 5.75 Å². The zero-order valence-electron chi connectivity index (χ0n) is 13.3. The Balaban J connectivity index is 1.74. The molecule has 0 bridgehead atoms. The molecule has 2 heterocycles. The minimum Gasteiger partial charge on any atom is -0.477 e. The van der Waals surface area contributed by atoms with Crippen molar-refractivity contribution in [3.05, 3.63) is 46.7 Å². The number of carbonyl (C=O) groups is 2. The van der Waals surface area contributed by atoms with Gasteiger partial charge in [-0.3, -0.25) is 14.5 Å². The molecule has 1 atom stereocenters. The maximum absolute atomic E-state index is 12.7. The van der Waals surface area contributed by atoms with Crippen LogP contribution in [0.2, 0.25) is 0 Å². The van der Waals surface area contributed by atoms with Crippen LogP contribution in [0, 0.1) is 0 Å². The van der Waals surface area contributed by atoms with Gasteiger partial charge in [-0.1, -0.05) is 12.1 Å². The first-order chi connectivity index (χ1) is 11.5. The van der Waals surface area contributed by atoms with Crippen molar-refractivity contribution in [2.24, 2.45) is 5.73 Å². The fourth-order valence-electron chi connectivity index (χ4n) is 2.69. The number of carbonyl (C=O) groups excluding carboxylic acids is 2. The van der Waals surface area contributed by atoms with Gasteiger partial charge in [0, 0.05) is 6.54 Å². The van der Waals surface area contributed by atoms with Crippen molar-refractivity contribution in [3.63, 3.8) is 0 Å². The summed E-state index contributed by atoms with van der Waals surface area (Å²) in [5, 5.41) is 4.08. The molecule has 3 rings (SSSR count). The van der Waals surface area contributed by atoms with Crippen LogP contribution < -0.4 is 15.4 Å². The summed E-state index contributed by atoms with van der Waals surface area (Å²) in [6.45, 7) is 1.08. The van der Waals surface area contributed by atoms with Gasteiger partial charge in [0.25, 0.3) is 5.91 Å². The van der Waals surface area contributed by atoms with E-state index in [1.165, 1.54) is 5.56 Å². The van der Waals surface area contributed by atoms with Crippen LogP contribution in [0.4, 0.5) is 5.69 Å². The van der Waals surface area contributed by atoms with Gasteiger partial charge in [0.2, 0.25) is 5.91 Å². The number of fused-ring (bicyclic) bond motifs is 1. The van der Waals surface area contributed by atoms with Gasteiger partial charge >= 0.3 is 0 Å². The highest BCUT2D eigenvalue weighted by molar-refractivity contribution is 7.07. The highest BCUT2D eigenvalue weighted by Gasteiger charge is 2.32. The molecule has 2 amide bonds. The molecule has 1 aliphatic heterocycles. The fourth-order valence-corrected chi connectivity index (χ4v) is 3.34. The summed E-state index contributed by atoms with van der Waals surface area (Å²) < 4.78 is 5.58. The highest BCUT2D eigenvalue weighted by Crippen LogP contribution is 2.33. The lowest BCUT2D eigenvalue weighted by atomic mass is 10.1. The molecule has 1 unspecified atom stereocenters. The Hall–Kier alpha value is -2.38. The molecule has 1 aromatic heterocycles. The average molecular weight is 345 g/mol. The van der Waals surface area contributed by atoms with Crippen molar-refractivity contribution in [2.45, 2.75) is 12.6 Å². The van der Waals surface area contributed by atoms with Crippen LogP contribution in [-0.2, 0) is 16.1 Å². The molecule has 6 nitrogen and oxygen atoms in total. The number of nitrogens with zero attached hydrogens (tertiary/aromatic N) is 2. The molecule has 0 saturated carbocycles. The van der Waals surface area contributed by atoms with E-state index >= 15 is 0 Å². The summed E-state index contributed by atoms with van der Waals surface area (Å²) in [4.78, 5) is 27.8. The molecular formula is C17H19N3O3S. The van der Waals surface area contributed by atoms with Gasteiger partial charge in [-0.2, -0.15) is 11.3 Å². The summed E-state index contributed by atoms with van der Waals surface area (Å²) in [5.41, 5.74) is 7.21. The van der Waals surface area contributed by atoms with Gasteiger partial charge in [0.05, 0.1) is 18.8 Å². The van der Waals surface area contributed by atoms with Crippen LogP contribution in [0.15, 0.2) is 41.1 Å². The number of para-hydroxylation sites is 2. The number of thiophene rings is 1. The minimum atomic E-state index is -0.828. The number of primary amides is 1. The zero-order chi connectivity index (χ0) is 17.1. The third kappa shape index (κ3) is 3.58. The summed E-state index contributed by atoms with van der Waals surface area (Å²) in [6, 6.07) is 9.22. The number of ether oxygens (including phenoxy) is 1. The van der Waals surface area contributed by atoms with Gasteiger partial charge < -0.3 is 15.4 Å². The van der Waals surface area contributed by atoms with Crippen LogP contribution in [-0.4, -0.2) is 43.0 Å². The molecular weight excluding hydrogens is 326 g/mol. The lowest BCUT2D eigenvalue weighted by Crippen LogP contribution is -2.51. The molecule has 126 valence electrons. The standard InChI is InChI=1S/C17H19N3O3S/c1-19(8-12-6-7-24-11-12)10-16(21)20-9-15(17(18)22)23-14-5-3-2-4-13(14)20/h2-7,11,15H,8-10H2,1H3,(H2,18,22). The van der Waals surface area contributed by atoms with E-state index < -0.39 is 12.0 Å². The fraction of sp³-hybridized carbons (Fsp3) is 0.294. The van der Waals surface area contributed by atoms with Gasteiger partial charge in [-0.05, 0) is 41.6 Å². The summed E-state index contributed by atoms with van der Waals surface area (Å²) >= 11 is 1.63. The molecule has 2 aromatic rings. The molecule has 0 aliphatic carbocycles. The second-order valence-electron chi connectivity index (χ2n) is 5.78. The molecule has 7 heteroatoms. The molecule has 0 saturated heterocycles. The SMILES string of the molecule is CN(CC(=O)N1CC(C(N)=O)Oc2ccccc21)Cc1ccsc1. The first-order valence-electron chi connectivity index (χ1n) is 7.59. The van der Waals surface area contributed by atoms with E-state index in [4.69, 9.17) is 10.5 Å². The van der Waals surface area contributed by atoms with E-state index in [1.807, 2.05) is 35.5 Å². The van der Waals surface area contributed by atoms with Crippen molar-refractivity contribution in [1.29, 1.82) is 0 Å². The van der Waals surface area contributed by atoms with Crippen molar-refractivity contribution in [2.75, 3.05) is 25.0 Å². The van der Waals surface area contributed by atoms with Crippen molar-refractivity contribution < 1.29 is 14.3 Å². The smallest absolute Gasteiger partial charge is 0.260 e. The molecule has 0 radical (unpaired) electrons. The quantitative estimate of drug-likeness (QED) is 0.890. The Morgan fingerprint density at radius 1 is 1.38 bits per heavy atom. The first-order valence-corrected chi connectivity index (χ1v) is 8.54. The third-order valence-corrected chi connectivity index (χ3v) is 4.56. The Labute approximate surface area is 144 Å². The number of hydrogen-bond donors (Lipinski definition) is 1. The normalized spacial score (nSPS) is 16.6. The number of nitrogens with two attached hydrogens (primary N) is 1. The predicted molar refractivity (Wildman–Crippen MR) is 93.1 cm³/mol. The van der Waals surface area contributed by atoms with Crippen LogP contribution in [0.5, 0.6) is 5.75 Å². The minimum absolute atomic E-state index is 0.0882. The molecule has 1 aliphatic rings. The maximum Gasteiger partial charge on any atom is 0.260 e. The third-order valence-electron chi connectivity index (χ3n) is 3.83. The zero-order valence-corrected chi connectivity index (χ0v) is 14.2. The largest absolute Gasteiger partial charge is 0.477 e. The molecule has 2 N–H and O–H groups in total. The van der Waals surface area contributed by atoms with Crippen molar-refractivity contribution in [3.8, 4) is 5.75 Å². The summed E-state index contributed by atoms with van der Waals surface area (Å²) in [6.07, 6.45) is -0.828. The number of hydrogen-bond acceptors (Lipinski definition) is 5. The van der Waals surface area contributed by atoms with Gasteiger partial charge in [-0.25, -0.2) is 0 Å². The van der Waals surface area contributed by atoms with Crippen LogP contribution in [0.1, 0.15) is 5.56 Å². The molecule has 0 spiro atoms. The van der Waals surface area contributed by atoms with Gasteiger partial charge in [0.15, 0.2) is 6.10 Å². The Morgan fingerprint density at radius 2 is 2.17 bits per heavy atom. The lowest BCUT2D eigenvalue weighted by molar-refractivity contribution is -0.125. The number of benzene rings is 1. The van der Waals surface area contributed by atoms with Gasteiger partial charge in [-0.15, -0.1) is 0 Å². The van der Waals surface area contributed by atoms with Crippen molar-refractivity contribution >= 4 is 28.8 Å². The number of amides is 2. The van der Waals surface area contributed by atoms with E-state index in [-0.39, 0.29) is 19.0 Å². The Bertz CT molecular complexity index is 732. The van der Waals surface area contributed by atoms with E-state index in [0.29, 0.717) is 18.0 Å². The average Bonchev–Trinajstić information content (AvgIpc) is 3.06. The lowest BCUT2D eigenvalue weighted by Gasteiger charge is -2.34. The topological polar surface area (TPSA) is 75.9 Å². The monoisotopic (exact) mass is 345 g/mol. The van der Waals surface area contributed by atoms with Crippen LogP contribution in [0.3, 0.4) is 0 Å². The van der Waals surface area contributed by atoms with Crippen LogP contribution in [0.25, 0.3) is 0 Å². The second-order valence-corrected chi connectivity index (χ2v) is 6.56. The maximum atomic E-state index is 12.7. The van der Waals surface area contributed by atoms with E-state index in [1.54, 1.807) is 28.4 Å². The Kier molecular flexibility index (Phi) is 4.82. The molecule has 24 heavy (non-hydrogen) atoms. The number of rotatable bonds is 5. The number of anilines is 1. The first kappa shape index (κ1) is 16.5. The number of likely N-dealkylation sites (N-methyl/N-ethyl adjacent to an activating group) is 1.